The molecular weight excluding hydrogens is 367 g/mol. The number of hydrogen-bond donors (Lipinski definition) is 0. The monoisotopic (exact) mass is 398 g/mol. The fourth-order valence-electron chi connectivity index (χ4n) is 3.18. The molecule has 0 aromatic carbocycles. The van der Waals surface area contributed by atoms with Crippen molar-refractivity contribution in [3.8, 4) is 0 Å². The van der Waals surface area contributed by atoms with Crippen molar-refractivity contribution in [3.63, 3.8) is 0 Å². The van der Waals surface area contributed by atoms with Gasteiger partial charge in [0.15, 0.2) is 11.4 Å². The molecule has 2 rings (SSSR count). The molecule has 0 N–H and O–H groups in total. The number of fused-ring (bicyclic) bond motifs is 1. The van der Waals surface area contributed by atoms with E-state index in [9.17, 15) is 9.36 Å². The first-order valence-electron chi connectivity index (χ1n) is 9.50. The van der Waals surface area contributed by atoms with Crippen LogP contribution in [0.2, 0.25) is 0 Å². The molecular formula is C20H31O6P. The number of allylic oxidation sites excluding steroid dienone is 3. The zero-order valence-electron chi connectivity index (χ0n) is 17.2. The molecule has 0 bridgehead atoms. The van der Waals surface area contributed by atoms with E-state index in [1.54, 1.807) is 19.9 Å². The van der Waals surface area contributed by atoms with Gasteiger partial charge in [0.05, 0.1) is 19.3 Å². The maximum absolute atomic E-state index is 13.2. The Balaban J connectivity index is 2.40. The Kier molecular flexibility index (Phi) is 7.26. The van der Waals surface area contributed by atoms with Gasteiger partial charge in [-0.2, -0.15) is 0 Å². The van der Waals surface area contributed by atoms with E-state index in [2.05, 4.69) is 0 Å². The van der Waals surface area contributed by atoms with Crippen LogP contribution >= 0.6 is 7.82 Å². The molecule has 0 radical (unpaired) electrons. The van der Waals surface area contributed by atoms with Crippen LogP contribution in [0.25, 0.3) is 0 Å². The van der Waals surface area contributed by atoms with Crippen molar-refractivity contribution in [1.82, 2.24) is 0 Å². The lowest BCUT2D eigenvalue weighted by Crippen LogP contribution is -2.33. The summed E-state index contributed by atoms with van der Waals surface area (Å²) in [4.78, 5) is 13.2. The fourth-order valence-corrected chi connectivity index (χ4v) is 4.39. The van der Waals surface area contributed by atoms with Crippen LogP contribution in [-0.4, -0.2) is 30.7 Å². The number of carbonyl (C=O) groups is 1. The molecule has 1 saturated carbocycles. The molecule has 7 heteroatoms. The van der Waals surface area contributed by atoms with Crippen LogP contribution in [0.3, 0.4) is 0 Å². The largest absolute Gasteiger partial charge is 0.530 e. The predicted octanol–water partition coefficient (Wildman–Crippen LogP) is 5.26. The Bertz CT molecular complexity index is 702. The molecule has 0 spiro atoms. The third kappa shape index (κ3) is 5.20. The zero-order chi connectivity index (χ0) is 20.2. The van der Waals surface area contributed by atoms with Crippen molar-refractivity contribution in [3.05, 3.63) is 34.6 Å². The highest BCUT2D eigenvalue weighted by Gasteiger charge is 2.64. The van der Waals surface area contributed by atoms with Gasteiger partial charge in [-0.05, 0) is 60.5 Å². The highest BCUT2D eigenvalue weighted by molar-refractivity contribution is 7.48. The number of ether oxygens (including phenoxy) is 1. The second-order valence-electron chi connectivity index (χ2n) is 7.29. The van der Waals surface area contributed by atoms with Crippen LogP contribution < -0.4 is 0 Å². The van der Waals surface area contributed by atoms with Crippen molar-refractivity contribution in [2.75, 3.05) is 13.2 Å². The van der Waals surface area contributed by atoms with Crippen LogP contribution in [0.1, 0.15) is 60.8 Å². The number of ketones is 1. The van der Waals surface area contributed by atoms with Crippen molar-refractivity contribution < 1.29 is 27.7 Å². The van der Waals surface area contributed by atoms with Gasteiger partial charge in [-0.15, -0.1) is 0 Å². The average Bonchev–Trinajstić information content (AvgIpc) is 3.28. The smallest absolute Gasteiger partial charge is 0.404 e. The Morgan fingerprint density at radius 3 is 2.33 bits per heavy atom. The Morgan fingerprint density at radius 1 is 1.19 bits per heavy atom. The second-order valence-corrected chi connectivity index (χ2v) is 8.88. The molecule has 1 aliphatic carbocycles. The standard InChI is InChI=1S/C20H31O6P/c1-7-23-27(22,24-8-2)26-17(13-15(5)6)16-9-10-18-20(25-18,19(16)21)12-11-14(3)4/h11,13,18H,7-10,12H2,1-6H3/b17-16-. The van der Waals surface area contributed by atoms with Crippen molar-refractivity contribution in [2.45, 2.75) is 72.5 Å². The normalized spacial score (nSPS) is 26.1. The van der Waals surface area contributed by atoms with Crippen LogP contribution in [0, 0.1) is 0 Å². The maximum Gasteiger partial charge on any atom is 0.530 e. The SMILES string of the molecule is CCOP(=O)(OCC)O/C(C=C(C)C)=C1/CCC2OC2(CC=C(C)C)C1=O. The first-order chi connectivity index (χ1) is 12.7. The van der Waals surface area contributed by atoms with Gasteiger partial charge in [-0.25, -0.2) is 4.57 Å². The van der Waals surface area contributed by atoms with Crippen LogP contribution in [0.15, 0.2) is 34.6 Å². The van der Waals surface area contributed by atoms with E-state index < -0.39 is 13.4 Å². The molecule has 1 aliphatic heterocycles. The van der Waals surface area contributed by atoms with Gasteiger partial charge >= 0.3 is 7.82 Å². The summed E-state index contributed by atoms with van der Waals surface area (Å²) in [7, 11) is -3.79. The summed E-state index contributed by atoms with van der Waals surface area (Å²) >= 11 is 0. The first kappa shape index (κ1) is 22.1. The van der Waals surface area contributed by atoms with Gasteiger partial charge in [0.2, 0.25) is 0 Å². The van der Waals surface area contributed by atoms with E-state index in [1.165, 1.54) is 0 Å². The van der Waals surface area contributed by atoms with Gasteiger partial charge in [0, 0.05) is 12.0 Å². The lowest BCUT2D eigenvalue weighted by Gasteiger charge is -2.23. The van der Waals surface area contributed by atoms with E-state index in [0.717, 1.165) is 17.6 Å². The van der Waals surface area contributed by atoms with Crippen LogP contribution in [0.5, 0.6) is 0 Å². The first-order valence-corrected chi connectivity index (χ1v) is 11.0. The highest BCUT2D eigenvalue weighted by Crippen LogP contribution is 2.55. The van der Waals surface area contributed by atoms with Crippen molar-refractivity contribution in [1.29, 1.82) is 0 Å². The van der Waals surface area contributed by atoms with E-state index in [-0.39, 0.29) is 30.9 Å². The summed E-state index contributed by atoms with van der Waals surface area (Å²) in [6.07, 6.45) is 5.47. The van der Waals surface area contributed by atoms with Crippen molar-refractivity contribution in [2.24, 2.45) is 0 Å². The summed E-state index contributed by atoms with van der Waals surface area (Å²) in [5.74, 6) is 0.166. The number of rotatable bonds is 9. The molecule has 0 aromatic rings. The molecule has 1 heterocycles. The van der Waals surface area contributed by atoms with E-state index in [1.807, 2.05) is 33.8 Å². The number of phosphoric ester groups is 1. The van der Waals surface area contributed by atoms with Gasteiger partial charge in [0.25, 0.3) is 0 Å². The number of carbonyl (C=O) groups excluding carboxylic acids is 1. The average molecular weight is 398 g/mol. The lowest BCUT2D eigenvalue weighted by molar-refractivity contribution is -0.120. The lowest BCUT2D eigenvalue weighted by atomic mass is 9.81. The van der Waals surface area contributed by atoms with Crippen LogP contribution in [0.4, 0.5) is 0 Å². The number of Topliss-reactive ketones (excluding diaryl/α,β-unsaturated/α-hetero) is 1. The number of epoxide rings is 1. The molecule has 2 unspecified atom stereocenters. The van der Waals surface area contributed by atoms with Crippen LogP contribution in [-0.2, 0) is 27.7 Å². The minimum atomic E-state index is -3.79. The van der Waals surface area contributed by atoms with E-state index >= 15 is 0 Å². The Labute approximate surface area is 162 Å². The number of hydrogen-bond acceptors (Lipinski definition) is 6. The third-order valence-electron chi connectivity index (χ3n) is 4.45. The quantitative estimate of drug-likeness (QED) is 0.173. The van der Waals surface area contributed by atoms with Gasteiger partial charge in [-0.1, -0.05) is 17.2 Å². The minimum Gasteiger partial charge on any atom is -0.404 e. The molecule has 6 nitrogen and oxygen atoms in total. The minimum absolute atomic E-state index is 0.0529. The molecule has 152 valence electrons. The molecule has 0 amide bonds. The molecule has 2 aliphatic rings. The molecule has 2 fully saturated rings. The fraction of sp³-hybridized carbons (Fsp3) is 0.650. The molecule has 1 saturated heterocycles. The van der Waals surface area contributed by atoms with Gasteiger partial charge in [0.1, 0.15) is 5.76 Å². The summed E-state index contributed by atoms with van der Waals surface area (Å²) in [5.41, 5.74) is 1.74. The van der Waals surface area contributed by atoms with E-state index in [4.69, 9.17) is 18.3 Å². The molecule has 2 atom stereocenters. The zero-order valence-corrected chi connectivity index (χ0v) is 18.1. The summed E-state index contributed by atoms with van der Waals surface area (Å²) in [6.45, 7) is 11.6. The van der Waals surface area contributed by atoms with E-state index in [0.29, 0.717) is 18.4 Å². The summed E-state index contributed by atoms with van der Waals surface area (Å²) < 4.78 is 34.9. The Morgan fingerprint density at radius 2 is 1.81 bits per heavy atom. The van der Waals surface area contributed by atoms with Crippen molar-refractivity contribution >= 4 is 13.6 Å². The second kappa shape index (κ2) is 8.87. The highest BCUT2D eigenvalue weighted by atomic mass is 31.2. The molecule has 27 heavy (non-hydrogen) atoms. The topological polar surface area (TPSA) is 74.4 Å². The third-order valence-corrected chi connectivity index (χ3v) is 6.01. The predicted molar refractivity (Wildman–Crippen MR) is 104 cm³/mol. The number of phosphoric acid groups is 1. The maximum atomic E-state index is 13.2. The van der Waals surface area contributed by atoms with Gasteiger partial charge in [-0.3, -0.25) is 13.8 Å². The summed E-state index contributed by atoms with van der Waals surface area (Å²) in [5, 5.41) is 0. The molecule has 0 aromatic heterocycles. The summed E-state index contributed by atoms with van der Waals surface area (Å²) in [6, 6.07) is 0. The van der Waals surface area contributed by atoms with Gasteiger partial charge < -0.3 is 9.26 Å². The Hall–Kier alpha value is -1.20.